The highest BCUT2D eigenvalue weighted by molar-refractivity contribution is 5.93. The van der Waals surface area contributed by atoms with Crippen molar-refractivity contribution in [2.24, 2.45) is 5.92 Å². The van der Waals surface area contributed by atoms with E-state index in [1.807, 2.05) is 30.3 Å². The number of benzene rings is 2. The lowest BCUT2D eigenvalue weighted by Crippen LogP contribution is -2.38. The van der Waals surface area contributed by atoms with Crippen molar-refractivity contribution in [3.8, 4) is 0 Å². The van der Waals surface area contributed by atoms with E-state index in [0.717, 1.165) is 24.0 Å². The van der Waals surface area contributed by atoms with E-state index >= 15 is 0 Å². The average Bonchev–Trinajstić information content (AvgIpc) is 3.50. The van der Waals surface area contributed by atoms with E-state index in [0.29, 0.717) is 18.0 Å². The van der Waals surface area contributed by atoms with Gasteiger partial charge in [-0.15, -0.1) is 0 Å². The number of nitrogens with one attached hydrogen (secondary N) is 3. The Bertz CT molecular complexity index is 724. The van der Waals surface area contributed by atoms with Gasteiger partial charge in [0.1, 0.15) is 0 Å². The van der Waals surface area contributed by atoms with Crippen molar-refractivity contribution in [2.45, 2.75) is 25.4 Å². The van der Waals surface area contributed by atoms with Crippen molar-refractivity contribution >= 4 is 11.9 Å². The quantitative estimate of drug-likeness (QED) is 0.758. The summed E-state index contributed by atoms with van der Waals surface area (Å²) in [6.45, 7) is 0.423. The summed E-state index contributed by atoms with van der Waals surface area (Å²) in [7, 11) is 1.60. The van der Waals surface area contributed by atoms with Crippen molar-refractivity contribution in [3.63, 3.8) is 0 Å². The third kappa shape index (κ3) is 4.59. The van der Waals surface area contributed by atoms with Crippen LogP contribution in [0.4, 0.5) is 4.79 Å². The van der Waals surface area contributed by atoms with Crippen molar-refractivity contribution in [3.05, 3.63) is 71.3 Å². The molecule has 0 saturated heterocycles. The molecule has 3 amide bonds. The second kappa shape index (κ2) is 7.83. The first-order valence-corrected chi connectivity index (χ1v) is 8.57. The Morgan fingerprint density at radius 1 is 1.04 bits per heavy atom. The Hall–Kier alpha value is -2.82. The molecule has 1 atom stereocenters. The van der Waals surface area contributed by atoms with E-state index in [1.165, 1.54) is 0 Å². The summed E-state index contributed by atoms with van der Waals surface area (Å²) in [5, 5.41) is 8.57. The molecule has 0 bridgehead atoms. The minimum atomic E-state index is -0.170. The number of carbonyl (C=O) groups is 2. The summed E-state index contributed by atoms with van der Waals surface area (Å²) in [6.07, 6.45) is 2.31. The van der Waals surface area contributed by atoms with Gasteiger partial charge < -0.3 is 16.0 Å². The van der Waals surface area contributed by atoms with Gasteiger partial charge in [-0.3, -0.25) is 4.79 Å². The van der Waals surface area contributed by atoms with E-state index in [9.17, 15) is 9.59 Å². The topological polar surface area (TPSA) is 70.2 Å². The molecule has 1 aliphatic rings. The summed E-state index contributed by atoms with van der Waals surface area (Å²) >= 11 is 0. The Balaban J connectivity index is 1.54. The van der Waals surface area contributed by atoms with Crippen LogP contribution in [0, 0.1) is 5.92 Å². The first-order valence-electron chi connectivity index (χ1n) is 8.57. The predicted octanol–water partition coefficient (Wildman–Crippen LogP) is 3.00. The molecule has 2 aromatic rings. The van der Waals surface area contributed by atoms with E-state index < -0.39 is 0 Å². The van der Waals surface area contributed by atoms with Gasteiger partial charge in [0.25, 0.3) is 5.91 Å². The van der Waals surface area contributed by atoms with Gasteiger partial charge in [-0.2, -0.15) is 0 Å². The largest absolute Gasteiger partial charge is 0.355 e. The third-order valence-corrected chi connectivity index (χ3v) is 4.43. The normalized spacial score (nSPS) is 14.4. The zero-order chi connectivity index (χ0) is 17.6. The molecule has 0 spiro atoms. The number of amides is 3. The second-order valence-electron chi connectivity index (χ2n) is 6.33. The fourth-order valence-corrected chi connectivity index (χ4v) is 2.86. The molecule has 5 heteroatoms. The number of urea groups is 1. The molecule has 0 heterocycles. The minimum absolute atomic E-state index is 0.0665. The van der Waals surface area contributed by atoms with Crippen LogP contribution in [-0.2, 0) is 6.54 Å². The van der Waals surface area contributed by atoms with Gasteiger partial charge in [-0.05, 0) is 42.0 Å². The Morgan fingerprint density at radius 3 is 2.32 bits per heavy atom. The van der Waals surface area contributed by atoms with E-state index in [1.54, 1.807) is 19.2 Å². The molecule has 0 aliphatic heterocycles. The molecule has 1 unspecified atom stereocenters. The van der Waals surface area contributed by atoms with E-state index in [4.69, 9.17) is 0 Å². The number of rotatable bonds is 6. The lowest BCUT2D eigenvalue weighted by atomic mass is 10.0. The highest BCUT2D eigenvalue weighted by atomic mass is 16.2. The van der Waals surface area contributed by atoms with E-state index in [-0.39, 0.29) is 18.0 Å². The molecule has 0 aromatic heterocycles. The maximum atomic E-state index is 12.3. The van der Waals surface area contributed by atoms with Crippen LogP contribution in [0.25, 0.3) is 0 Å². The minimum Gasteiger partial charge on any atom is -0.355 e. The molecule has 3 rings (SSSR count). The molecule has 1 fully saturated rings. The van der Waals surface area contributed by atoms with Crippen molar-refractivity contribution in [2.75, 3.05) is 7.05 Å². The molecule has 0 radical (unpaired) electrons. The highest BCUT2D eigenvalue weighted by Crippen LogP contribution is 2.40. The summed E-state index contributed by atoms with van der Waals surface area (Å²) in [4.78, 5) is 23.8. The lowest BCUT2D eigenvalue weighted by molar-refractivity contribution is 0.0963. The van der Waals surface area contributed by atoms with Crippen LogP contribution < -0.4 is 16.0 Å². The number of hydrogen-bond acceptors (Lipinski definition) is 2. The summed E-state index contributed by atoms with van der Waals surface area (Å²) in [5.41, 5.74) is 2.70. The Kier molecular flexibility index (Phi) is 5.33. The van der Waals surface area contributed by atoms with Gasteiger partial charge in [-0.1, -0.05) is 42.5 Å². The fraction of sp³-hybridized carbons (Fsp3) is 0.300. The number of carbonyl (C=O) groups excluding carboxylic acids is 2. The molecule has 1 saturated carbocycles. The van der Waals surface area contributed by atoms with Crippen molar-refractivity contribution in [1.82, 2.24) is 16.0 Å². The van der Waals surface area contributed by atoms with Gasteiger partial charge in [0.2, 0.25) is 0 Å². The van der Waals surface area contributed by atoms with Crippen molar-refractivity contribution in [1.29, 1.82) is 0 Å². The fourth-order valence-electron chi connectivity index (χ4n) is 2.86. The summed E-state index contributed by atoms with van der Waals surface area (Å²) in [6, 6.07) is 17.2. The van der Waals surface area contributed by atoms with Crippen LogP contribution in [0.15, 0.2) is 54.6 Å². The maximum absolute atomic E-state index is 12.3. The Labute approximate surface area is 147 Å². The molecule has 3 N–H and O–H groups in total. The van der Waals surface area contributed by atoms with Gasteiger partial charge in [0.05, 0.1) is 6.04 Å². The maximum Gasteiger partial charge on any atom is 0.315 e. The van der Waals surface area contributed by atoms with Crippen LogP contribution in [0.5, 0.6) is 0 Å². The lowest BCUT2D eigenvalue weighted by Gasteiger charge is -2.19. The standard InChI is InChI=1S/C20H23N3O2/c1-21-19(24)17-9-7-14(8-10-17)13-22-20(25)23-18(16-11-12-16)15-5-3-2-4-6-15/h2-10,16,18H,11-13H2,1H3,(H,21,24)(H2,22,23,25). The van der Waals surface area contributed by atoms with E-state index in [2.05, 4.69) is 28.1 Å². The molecular weight excluding hydrogens is 314 g/mol. The molecule has 2 aromatic carbocycles. The van der Waals surface area contributed by atoms with Gasteiger partial charge in [0, 0.05) is 19.2 Å². The second-order valence-corrected chi connectivity index (χ2v) is 6.33. The van der Waals surface area contributed by atoms with Crippen LogP contribution in [-0.4, -0.2) is 19.0 Å². The van der Waals surface area contributed by atoms with Crippen LogP contribution >= 0.6 is 0 Å². The summed E-state index contributed by atoms with van der Waals surface area (Å²) < 4.78 is 0. The van der Waals surface area contributed by atoms with Crippen LogP contribution in [0.1, 0.15) is 40.4 Å². The molecule has 130 valence electrons. The van der Waals surface area contributed by atoms with Crippen LogP contribution in [0.3, 0.4) is 0 Å². The Morgan fingerprint density at radius 2 is 1.72 bits per heavy atom. The molecule has 25 heavy (non-hydrogen) atoms. The van der Waals surface area contributed by atoms with Crippen molar-refractivity contribution < 1.29 is 9.59 Å². The third-order valence-electron chi connectivity index (χ3n) is 4.43. The smallest absolute Gasteiger partial charge is 0.315 e. The SMILES string of the molecule is CNC(=O)c1ccc(CNC(=O)NC(c2ccccc2)C2CC2)cc1. The van der Waals surface area contributed by atoms with Crippen LogP contribution in [0.2, 0.25) is 0 Å². The molecule has 1 aliphatic carbocycles. The average molecular weight is 337 g/mol. The zero-order valence-electron chi connectivity index (χ0n) is 14.3. The molecular formula is C20H23N3O2. The van der Waals surface area contributed by atoms with Gasteiger partial charge in [-0.25, -0.2) is 4.79 Å². The highest BCUT2D eigenvalue weighted by Gasteiger charge is 2.33. The van der Waals surface area contributed by atoms with Gasteiger partial charge in [0.15, 0.2) is 0 Å². The predicted molar refractivity (Wildman–Crippen MR) is 97.1 cm³/mol. The number of hydrogen-bond donors (Lipinski definition) is 3. The monoisotopic (exact) mass is 337 g/mol. The van der Waals surface area contributed by atoms with Gasteiger partial charge >= 0.3 is 6.03 Å². The molecule has 5 nitrogen and oxygen atoms in total. The summed E-state index contributed by atoms with van der Waals surface area (Å²) in [5.74, 6) is 0.410. The first kappa shape index (κ1) is 17.0. The first-order chi connectivity index (χ1) is 12.2. The zero-order valence-corrected chi connectivity index (χ0v) is 14.3.